The molecule has 2 atom stereocenters. The van der Waals surface area contributed by atoms with E-state index < -0.39 is 17.6 Å². The van der Waals surface area contributed by atoms with Crippen LogP contribution in [0.15, 0.2) is 24.3 Å². The average molecular weight is 307 g/mol. The van der Waals surface area contributed by atoms with Crippen LogP contribution in [0.4, 0.5) is 4.39 Å². The van der Waals surface area contributed by atoms with Crippen LogP contribution in [0.5, 0.6) is 0 Å². The third-order valence-electron chi connectivity index (χ3n) is 3.52. The van der Waals surface area contributed by atoms with Crippen LogP contribution in [-0.2, 0) is 9.59 Å². The molecule has 0 aliphatic heterocycles. The molecule has 1 aliphatic carbocycles. The van der Waals surface area contributed by atoms with Crippen molar-refractivity contribution < 1.29 is 18.8 Å². The monoisotopic (exact) mass is 307 g/mol. The third-order valence-corrected chi connectivity index (χ3v) is 3.52. The highest BCUT2D eigenvalue weighted by atomic mass is 19.1. The number of halogens is 1. The van der Waals surface area contributed by atoms with E-state index in [0.29, 0.717) is 5.92 Å². The molecule has 118 valence electrons. The van der Waals surface area contributed by atoms with Crippen LogP contribution in [0.3, 0.4) is 0 Å². The zero-order valence-corrected chi connectivity index (χ0v) is 12.2. The first-order chi connectivity index (χ1) is 10.5. The highest BCUT2D eigenvalue weighted by molar-refractivity contribution is 5.95. The fourth-order valence-electron chi connectivity index (χ4n) is 1.98. The largest absolute Gasteiger partial charge is 0.355 e. The first-order valence-electron chi connectivity index (χ1n) is 7.10. The molecule has 0 bridgehead atoms. The van der Waals surface area contributed by atoms with Gasteiger partial charge in [0, 0.05) is 24.4 Å². The third kappa shape index (κ3) is 4.54. The second-order valence-electron chi connectivity index (χ2n) is 5.37. The molecule has 7 heteroatoms. The molecule has 0 heterocycles. The fraction of sp³-hybridized carbons (Fsp3) is 0.400. The van der Waals surface area contributed by atoms with E-state index in [0.717, 1.165) is 18.6 Å². The van der Waals surface area contributed by atoms with E-state index >= 15 is 0 Å². The molecular weight excluding hydrogens is 289 g/mol. The van der Waals surface area contributed by atoms with Gasteiger partial charge in [0.15, 0.2) is 0 Å². The summed E-state index contributed by atoms with van der Waals surface area (Å²) in [5.41, 5.74) is 4.70. The Bertz CT molecular complexity index is 574. The number of nitrogens with one attached hydrogen (secondary N) is 3. The SMILES string of the molecule is CC1CC1C(=O)NCCC(=O)NNC(=O)c1ccc(F)cc1. The van der Waals surface area contributed by atoms with Crippen LogP contribution >= 0.6 is 0 Å². The summed E-state index contributed by atoms with van der Waals surface area (Å²) in [5.74, 6) is -0.939. The first kappa shape index (κ1) is 15.9. The summed E-state index contributed by atoms with van der Waals surface area (Å²) in [6, 6.07) is 4.94. The molecule has 0 aromatic heterocycles. The van der Waals surface area contributed by atoms with Gasteiger partial charge in [-0.25, -0.2) is 4.39 Å². The van der Waals surface area contributed by atoms with Gasteiger partial charge >= 0.3 is 0 Å². The van der Waals surface area contributed by atoms with Crippen molar-refractivity contribution >= 4 is 17.7 Å². The van der Waals surface area contributed by atoms with Gasteiger partial charge < -0.3 is 5.32 Å². The number of rotatable bonds is 5. The van der Waals surface area contributed by atoms with Gasteiger partial charge in [-0.2, -0.15) is 0 Å². The minimum Gasteiger partial charge on any atom is -0.355 e. The molecule has 3 N–H and O–H groups in total. The van der Waals surface area contributed by atoms with Gasteiger partial charge in [-0.15, -0.1) is 0 Å². The van der Waals surface area contributed by atoms with Crippen molar-refractivity contribution in [2.75, 3.05) is 6.54 Å². The van der Waals surface area contributed by atoms with Crippen LogP contribution in [0, 0.1) is 17.7 Å². The average Bonchev–Trinajstić information content (AvgIpc) is 3.22. The lowest BCUT2D eigenvalue weighted by molar-refractivity contribution is -0.123. The molecule has 3 amide bonds. The van der Waals surface area contributed by atoms with Gasteiger partial charge in [0.05, 0.1) is 0 Å². The highest BCUT2D eigenvalue weighted by Crippen LogP contribution is 2.37. The van der Waals surface area contributed by atoms with E-state index in [1.807, 2.05) is 6.92 Å². The van der Waals surface area contributed by atoms with Gasteiger partial charge in [0.25, 0.3) is 5.91 Å². The number of hydrogen-bond acceptors (Lipinski definition) is 3. The molecule has 1 aromatic rings. The van der Waals surface area contributed by atoms with Gasteiger partial charge in [-0.05, 0) is 36.6 Å². The van der Waals surface area contributed by atoms with Crippen molar-refractivity contribution in [3.63, 3.8) is 0 Å². The standard InChI is InChI=1S/C15H18FN3O3/c1-9-8-12(9)15(22)17-7-6-13(20)18-19-14(21)10-2-4-11(16)5-3-10/h2-5,9,12H,6-8H2,1H3,(H,17,22)(H,18,20)(H,19,21). The zero-order chi connectivity index (χ0) is 16.1. The van der Waals surface area contributed by atoms with Crippen LogP contribution < -0.4 is 16.2 Å². The lowest BCUT2D eigenvalue weighted by atomic mass is 10.2. The lowest BCUT2D eigenvalue weighted by Crippen LogP contribution is -2.42. The van der Waals surface area contributed by atoms with Crippen molar-refractivity contribution in [3.05, 3.63) is 35.6 Å². The Labute approximate surface area is 127 Å². The van der Waals surface area contributed by atoms with Crippen LogP contribution in [0.2, 0.25) is 0 Å². The summed E-state index contributed by atoms with van der Waals surface area (Å²) in [4.78, 5) is 34.7. The predicted octanol–water partition coefficient (Wildman–Crippen LogP) is 0.749. The maximum Gasteiger partial charge on any atom is 0.269 e. The maximum absolute atomic E-state index is 12.7. The summed E-state index contributed by atoms with van der Waals surface area (Å²) in [6.45, 7) is 2.22. The Kier molecular flexibility index (Phi) is 5.08. The molecular formula is C15H18FN3O3. The van der Waals surface area contributed by atoms with Crippen molar-refractivity contribution in [1.82, 2.24) is 16.2 Å². The maximum atomic E-state index is 12.7. The second-order valence-corrected chi connectivity index (χ2v) is 5.37. The Morgan fingerprint density at radius 3 is 2.41 bits per heavy atom. The smallest absolute Gasteiger partial charge is 0.269 e. The Morgan fingerprint density at radius 2 is 1.82 bits per heavy atom. The summed E-state index contributed by atoms with van der Waals surface area (Å²) in [7, 11) is 0. The van der Waals surface area contributed by atoms with E-state index in [2.05, 4.69) is 16.2 Å². The van der Waals surface area contributed by atoms with Crippen LogP contribution in [0.25, 0.3) is 0 Å². The number of benzene rings is 1. The molecule has 1 aromatic carbocycles. The Balaban J connectivity index is 1.63. The van der Waals surface area contributed by atoms with E-state index in [1.54, 1.807) is 0 Å². The van der Waals surface area contributed by atoms with Crippen molar-refractivity contribution in [2.24, 2.45) is 11.8 Å². The van der Waals surface area contributed by atoms with Crippen LogP contribution in [0.1, 0.15) is 30.1 Å². The lowest BCUT2D eigenvalue weighted by Gasteiger charge is -2.08. The highest BCUT2D eigenvalue weighted by Gasteiger charge is 2.38. The van der Waals surface area contributed by atoms with Crippen LogP contribution in [-0.4, -0.2) is 24.3 Å². The molecule has 6 nitrogen and oxygen atoms in total. The molecule has 0 radical (unpaired) electrons. The number of carbonyl (C=O) groups excluding carboxylic acids is 3. The molecule has 1 saturated carbocycles. The molecule has 0 spiro atoms. The predicted molar refractivity (Wildman–Crippen MR) is 76.9 cm³/mol. The minimum atomic E-state index is -0.538. The summed E-state index contributed by atoms with van der Waals surface area (Å²) < 4.78 is 12.7. The van der Waals surface area contributed by atoms with Crippen molar-refractivity contribution in [2.45, 2.75) is 19.8 Å². The number of hydrazine groups is 1. The second kappa shape index (κ2) is 7.02. The topological polar surface area (TPSA) is 87.3 Å². The molecule has 1 fully saturated rings. The molecule has 22 heavy (non-hydrogen) atoms. The summed E-state index contributed by atoms with van der Waals surface area (Å²) >= 11 is 0. The molecule has 2 rings (SSSR count). The van der Waals surface area contributed by atoms with Gasteiger partial charge in [0.2, 0.25) is 11.8 Å². The van der Waals surface area contributed by atoms with E-state index in [9.17, 15) is 18.8 Å². The normalized spacial score (nSPS) is 19.2. The quantitative estimate of drug-likeness (QED) is 0.702. The molecule has 0 saturated heterocycles. The van der Waals surface area contributed by atoms with E-state index in [-0.39, 0.29) is 30.4 Å². The van der Waals surface area contributed by atoms with Gasteiger partial charge in [-0.3, -0.25) is 25.2 Å². The van der Waals surface area contributed by atoms with E-state index in [4.69, 9.17) is 0 Å². The fourth-order valence-corrected chi connectivity index (χ4v) is 1.98. The Morgan fingerprint density at radius 1 is 1.18 bits per heavy atom. The van der Waals surface area contributed by atoms with E-state index in [1.165, 1.54) is 12.1 Å². The van der Waals surface area contributed by atoms with Gasteiger partial charge in [-0.1, -0.05) is 6.92 Å². The summed E-state index contributed by atoms with van der Waals surface area (Å²) in [6.07, 6.45) is 0.961. The number of amides is 3. The molecule has 2 unspecified atom stereocenters. The first-order valence-corrected chi connectivity index (χ1v) is 7.10. The molecule has 1 aliphatic rings. The minimum absolute atomic E-state index is 0.0318. The van der Waals surface area contributed by atoms with Gasteiger partial charge in [0.1, 0.15) is 5.82 Å². The number of carbonyl (C=O) groups is 3. The zero-order valence-electron chi connectivity index (χ0n) is 12.2. The van der Waals surface area contributed by atoms with Crippen molar-refractivity contribution in [3.8, 4) is 0 Å². The van der Waals surface area contributed by atoms with Crippen molar-refractivity contribution in [1.29, 1.82) is 0 Å². The summed E-state index contributed by atoms with van der Waals surface area (Å²) in [5, 5.41) is 2.68. The number of hydrogen-bond donors (Lipinski definition) is 3. The Hall–Kier alpha value is -2.44.